The average Bonchev–Trinajstić information content (AvgIpc) is 2.30. The number of fused-ring (bicyclic) bond motifs is 1. The maximum atomic E-state index is 2.35. The highest BCUT2D eigenvalue weighted by atomic mass is 14.4. The lowest BCUT2D eigenvalue weighted by atomic mass is 9.64. The highest BCUT2D eigenvalue weighted by molar-refractivity contribution is 4.85. The monoisotopic (exact) mass is 222 g/mol. The molecule has 0 saturated heterocycles. The SMILES string of the molecule is CCCC1CCC2C[C@H](CCC)CC[C@@H]2C1. The summed E-state index contributed by atoms with van der Waals surface area (Å²) in [6, 6.07) is 0. The first-order valence-corrected chi connectivity index (χ1v) is 7.83. The Morgan fingerprint density at radius 2 is 1.12 bits per heavy atom. The van der Waals surface area contributed by atoms with E-state index in [-0.39, 0.29) is 0 Å². The Bertz CT molecular complexity index is 174. The molecule has 0 heteroatoms. The fourth-order valence-electron chi connectivity index (χ4n) is 4.42. The summed E-state index contributed by atoms with van der Waals surface area (Å²) in [5.41, 5.74) is 0. The van der Waals surface area contributed by atoms with Gasteiger partial charge in [-0.3, -0.25) is 0 Å². The van der Waals surface area contributed by atoms with Gasteiger partial charge in [0, 0.05) is 0 Å². The van der Waals surface area contributed by atoms with Crippen LogP contribution < -0.4 is 0 Å². The van der Waals surface area contributed by atoms with Crippen molar-refractivity contribution in [3.05, 3.63) is 0 Å². The van der Waals surface area contributed by atoms with Crippen molar-refractivity contribution in [2.75, 3.05) is 0 Å². The van der Waals surface area contributed by atoms with E-state index >= 15 is 0 Å². The first-order chi connectivity index (χ1) is 7.83. The van der Waals surface area contributed by atoms with E-state index in [1.54, 1.807) is 38.5 Å². The topological polar surface area (TPSA) is 0 Å². The van der Waals surface area contributed by atoms with Gasteiger partial charge in [-0.15, -0.1) is 0 Å². The molecular weight excluding hydrogens is 192 g/mol. The molecule has 0 radical (unpaired) electrons. The highest BCUT2D eigenvalue weighted by Crippen LogP contribution is 2.46. The zero-order valence-electron chi connectivity index (χ0n) is 11.4. The van der Waals surface area contributed by atoms with Gasteiger partial charge in [-0.25, -0.2) is 0 Å². The first kappa shape index (κ1) is 12.5. The second-order valence-corrected chi connectivity index (χ2v) is 6.46. The normalized spacial score (nSPS) is 39.4. The summed E-state index contributed by atoms with van der Waals surface area (Å²) in [5.74, 6) is 4.43. The highest BCUT2D eigenvalue weighted by Gasteiger charge is 2.34. The van der Waals surface area contributed by atoms with Crippen LogP contribution in [0.3, 0.4) is 0 Å². The van der Waals surface area contributed by atoms with Crippen molar-refractivity contribution >= 4 is 0 Å². The molecule has 2 rings (SSSR count). The molecule has 0 aliphatic heterocycles. The van der Waals surface area contributed by atoms with Crippen LogP contribution in [0.5, 0.6) is 0 Å². The Hall–Kier alpha value is 0. The van der Waals surface area contributed by atoms with Gasteiger partial charge in [-0.1, -0.05) is 52.4 Å². The molecule has 4 atom stereocenters. The molecule has 2 saturated carbocycles. The van der Waals surface area contributed by atoms with Gasteiger partial charge in [0.15, 0.2) is 0 Å². The molecular formula is C16H30. The molecule has 0 N–H and O–H groups in total. The Morgan fingerprint density at radius 3 is 1.50 bits per heavy atom. The lowest BCUT2D eigenvalue weighted by molar-refractivity contribution is 0.0918. The molecule has 2 unspecified atom stereocenters. The fourth-order valence-corrected chi connectivity index (χ4v) is 4.42. The van der Waals surface area contributed by atoms with Crippen LogP contribution in [0.2, 0.25) is 0 Å². The van der Waals surface area contributed by atoms with Gasteiger partial charge in [0.2, 0.25) is 0 Å². The molecule has 0 aromatic rings. The van der Waals surface area contributed by atoms with Crippen LogP contribution >= 0.6 is 0 Å². The van der Waals surface area contributed by atoms with Gasteiger partial charge in [0.05, 0.1) is 0 Å². The molecule has 0 nitrogen and oxygen atoms in total. The van der Waals surface area contributed by atoms with Gasteiger partial charge < -0.3 is 0 Å². The molecule has 2 aliphatic carbocycles. The second-order valence-electron chi connectivity index (χ2n) is 6.46. The molecule has 2 fully saturated rings. The molecule has 0 aromatic carbocycles. The van der Waals surface area contributed by atoms with Crippen molar-refractivity contribution in [2.24, 2.45) is 23.7 Å². The molecule has 16 heavy (non-hydrogen) atoms. The third kappa shape index (κ3) is 3.02. The van der Waals surface area contributed by atoms with Crippen molar-refractivity contribution in [1.82, 2.24) is 0 Å². The number of hydrogen-bond acceptors (Lipinski definition) is 0. The van der Waals surface area contributed by atoms with E-state index in [1.165, 1.54) is 25.7 Å². The van der Waals surface area contributed by atoms with Crippen LogP contribution in [-0.2, 0) is 0 Å². The largest absolute Gasteiger partial charge is 0.0654 e. The van der Waals surface area contributed by atoms with Gasteiger partial charge in [0.25, 0.3) is 0 Å². The molecule has 0 spiro atoms. The minimum absolute atomic E-state index is 1.09. The quantitative estimate of drug-likeness (QED) is 0.596. The van der Waals surface area contributed by atoms with E-state index in [0.717, 1.165) is 23.7 Å². The zero-order chi connectivity index (χ0) is 11.4. The van der Waals surface area contributed by atoms with Crippen molar-refractivity contribution in [3.8, 4) is 0 Å². The van der Waals surface area contributed by atoms with Crippen LogP contribution in [0.4, 0.5) is 0 Å². The van der Waals surface area contributed by atoms with Crippen molar-refractivity contribution in [1.29, 1.82) is 0 Å². The van der Waals surface area contributed by atoms with Crippen LogP contribution in [0.25, 0.3) is 0 Å². The second kappa shape index (κ2) is 6.07. The summed E-state index contributed by atoms with van der Waals surface area (Å²) in [6.07, 6.45) is 15.2. The third-order valence-electron chi connectivity index (χ3n) is 5.22. The Morgan fingerprint density at radius 1 is 0.688 bits per heavy atom. The van der Waals surface area contributed by atoms with E-state index in [1.807, 2.05) is 0 Å². The molecule has 94 valence electrons. The minimum Gasteiger partial charge on any atom is -0.0654 e. The van der Waals surface area contributed by atoms with Crippen LogP contribution in [-0.4, -0.2) is 0 Å². The number of rotatable bonds is 4. The van der Waals surface area contributed by atoms with Crippen molar-refractivity contribution in [2.45, 2.75) is 78.1 Å². The van der Waals surface area contributed by atoms with E-state index in [0.29, 0.717) is 0 Å². The summed E-state index contributed by atoms with van der Waals surface area (Å²) in [6.45, 7) is 4.70. The van der Waals surface area contributed by atoms with Crippen molar-refractivity contribution in [3.63, 3.8) is 0 Å². The third-order valence-corrected chi connectivity index (χ3v) is 5.22. The van der Waals surface area contributed by atoms with Gasteiger partial charge in [-0.2, -0.15) is 0 Å². The number of hydrogen-bond donors (Lipinski definition) is 0. The predicted octanol–water partition coefficient (Wildman–Crippen LogP) is 5.42. The van der Waals surface area contributed by atoms with Gasteiger partial charge >= 0.3 is 0 Å². The summed E-state index contributed by atoms with van der Waals surface area (Å²) >= 11 is 0. The summed E-state index contributed by atoms with van der Waals surface area (Å²) in [7, 11) is 0. The lowest BCUT2D eigenvalue weighted by Gasteiger charge is -2.42. The smallest absolute Gasteiger partial charge is 0.0383 e. The molecule has 0 bridgehead atoms. The Labute approximate surface area is 102 Å². The predicted molar refractivity (Wildman–Crippen MR) is 71.5 cm³/mol. The summed E-state index contributed by atoms with van der Waals surface area (Å²) < 4.78 is 0. The maximum absolute atomic E-state index is 2.35. The van der Waals surface area contributed by atoms with E-state index < -0.39 is 0 Å². The fraction of sp³-hybridized carbons (Fsp3) is 1.00. The van der Waals surface area contributed by atoms with Crippen LogP contribution in [0, 0.1) is 23.7 Å². The van der Waals surface area contributed by atoms with Crippen LogP contribution in [0.15, 0.2) is 0 Å². The van der Waals surface area contributed by atoms with E-state index in [2.05, 4.69) is 13.8 Å². The average molecular weight is 222 g/mol. The molecule has 0 heterocycles. The van der Waals surface area contributed by atoms with Crippen LogP contribution in [0.1, 0.15) is 78.1 Å². The van der Waals surface area contributed by atoms with E-state index in [4.69, 9.17) is 0 Å². The standard InChI is InChI=1S/C16H30/c1-3-5-13-7-9-16-12-14(6-4-2)8-10-15(16)11-13/h13-16H,3-12H2,1-2H3/t13-,14?,15?,16-/m1/s1. The molecule has 0 amide bonds. The summed E-state index contributed by atoms with van der Waals surface area (Å²) in [4.78, 5) is 0. The first-order valence-electron chi connectivity index (χ1n) is 7.83. The van der Waals surface area contributed by atoms with E-state index in [9.17, 15) is 0 Å². The lowest BCUT2D eigenvalue weighted by Crippen LogP contribution is -2.31. The Balaban J connectivity index is 1.80. The maximum Gasteiger partial charge on any atom is -0.0383 e. The minimum atomic E-state index is 1.09. The summed E-state index contributed by atoms with van der Waals surface area (Å²) in [5, 5.41) is 0. The van der Waals surface area contributed by atoms with Crippen molar-refractivity contribution < 1.29 is 0 Å². The van der Waals surface area contributed by atoms with Gasteiger partial charge in [-0.05, 0) is 49.4 Å². The molecule has 2 aliphatic rings. The zero-order valence-corrected chi connectivity index (χ0v) is 11.4. The van der Waals surface area contributed by atoms with Gasteiger partial charge in [0.1, 0.15) is 0 Å². The molecule has 0 aromatic heterocycles. The Kier molecular flexibility index (Phi) is 4.73.